The highest BCUT2D eigenvalue weighted by molar-refractivity contribution is 6.34. The SMILES string of the molecule is Cc1cc(C)c(CO)c(Oc2cc(Cl)cc(Cl)c2)n1. The monoisotopic (exact) mass is 297 g/mol. The Kier molecular flexibility index (Phi) is 4.30. The van der Waals surface area contributed by atoms with Crippen molar-refractivity contribution in [3.05, 3.63) is 51.1 Å². The normalized spacial score (nSPS) is 10.6. The van der Waals surface area contributed by atoms with Crippen LogP contribution in [0.2, 0.25) is 10.0 Å². The molecule has 1 aromatic carbocycles. The third kappa shape index (κ3) is 3.38. The van der Waals surface area contributed by atoms with Gasteiger partial charge in [-0.25, -0.2) is 4.98 Å². The number of benzene rings is 1. The van der Waals surface area contributed by atoms with Crippen molar-refractivity contribution in [3.63, 3.8) is 0 Å². The quantitative estimate of drug-likeness (QED) is 0.919. The minimum atomic E-state index is -0.136. The number of aromatic nitrogens is 1. The van der Waals surface area contributed by atoms with Gasteiger partial charge in [0.15, 0.2) is 0 Å². The molecule has 0 fully saturated rings. The maximum Gasteiger partial charge on any atom is 0.225 e. The molecule has 0 amide bonds. The smallest absolute Gasteiger partial charge is 0.225 e. The van der Waals surface area contributed by atoms with Crippen molar-refractivity contribution in [1.29, 1.82) is 0 Å². The van der Waals surface area contributed by atoms with Gasteiger partial charge in [0, 0.05) is 21.3 Å². The maximum absolute atomic E-state index is 9.41. The molecule has 0 radical (unpaired) electrons. The van der Waals surface area contributed by atoms with Crippen LogP contribution in [0, 0.1) is 13.8 Å². The van der Waals surface area contributed by atoms with Crippen LogP contribution in [-0.2, 0) is 6.61 Å². The predicted molar refractivity (Wildman–Crippen MR) is 76.2 cm³/mol. The van der Waals surface area contributed by atoms with Gasteiger partial charge in [-0.2, -0.15) is 0 Å². The van der Waals surface area contributed by atoms with Crippen LogP contribution in [0.5, 0.6) is 11.6 Å². The van der Waals surface area contributed by atoms with Crippen LogP contribution in [0.25, 0.3) is 0 Å². The lowest BCUT2D eigenvalue weighted by molar-refractivity contribution is 0.274. The third-order valence-corrected chi connectivity index (χ3v) is 3.08. The zero-order chi connectivity index (χ0) is 14.0. The van der Waals surface area contributed by atoms with Gasteiger partial charge in [-0.1, -0.05) is 23.2 Å². The Balaban J connectivity index is 2.42. The Bertz CT molecular complexity index is 594. The van der Waals surface area contributed by atoms with Gasteiger partial charge in [0.25, 0.3) is 0 Å². The Morgan fingerprint density at radius 2 is 1.74 bits per heavy atom. The van der Waals surface area contributed by atoms with Crippen LogP contribution in [0.4, 0.5) is 0 Å². The van der Waals surface area contributed by atoms with Crippen molar-refractivity contribution < 1.29 is 9.84 Å². The van der Waals surface area contributed by atoms with E-state index in [2.05, 4.69) is 4.98 Å². The number of aliphatic hydroxyl groups excluding tert-OH is 1. The number of hydrogen-bond acceptors (Lipinski definition) is 3. The summed E-state index contributed by atoms with van der Waals surface area (Å²) in [6.07, 6.45) is 0. The van der Waals surface area contributed by atoms with Gasteiger partial charge in [0.05, 0.1) is 6.61 Å². The molecule has 0 spiro atoms. The average Bonchev–Trinajstić information content (AvgIpc) is 2.26. The van der Waals surface area contributed by atoms with Gasteiger partial charge in [-0.15, -0.1) is 0 Å². The Morgan fingerprint density at radius 3 is 2.32 bits per heavy atom. The van der Waals surface area contributed by atoms with Gasteiger partial charge in [-0.05, 0) is 43.7 Å². The van der Waals surface area contributed by atoms with Gasteiger partial charge in [0.1, 0.15) is 5.75 Å². The lowest BCUT2D eigenvalue weighted by Crippen LogP contribution is -1.99. The molecule has 1 heterocycles. The third-order valence-electron chi connectivity index (χ3n) is 2.65. The molecule has 0 unspecified atom stereocenters. The molecule has 3 nitrogen and oxygen atoms in total. The zero-order valence-electron chi connectivity index (χ0n) is 10.6. The molecule has 1 aromatic heterocycles. The van der Waals surface area contributed by atoms with Gasteiger partial charge in [-0.3, -0.25) is 0 Å². The lowest BCUT2D eigenvalue weighted by atomic mass is 10.1. The van der Waals surface area contributed by atoms with Crippen LogP contribution in [-0.4, -0.2) is 10.1 Å². The molecule has 1 N–H and O–H groups in total. The van der Waals surface area contributed by atoms with Crippen LogP contribution in [0.15, 0.2) is 24.3 Å². The van der Waals surface area contributed by atoms with E-state index in [1.54, 1.807) is 18.2 Å². The van der Waals surface area contributed by atoms with Crippen molar-refractivity contribution in [2.24, 2.45) is 0 Å². The molecular formula is C14H13Cl2NO2. The number of ether oxygens (including phenoxy) is 1. The second-order valence-corrected chi connectivity index (χ2v) is 5.10. The molecule has 0 aliphatic rings. The van der Waals surface area contributed by atoms with Gasteiger partial charge in [0.2, 0.25) is 5.88 Å². The number of halogens is 2. The predicted octanol–water partition coefficient (Wildman–Crippen LogP) is 4.29. The number of pyridine rings is 1. The summed E-state index contributed by atoms with van der Waals surface area (Å²) < 4.78 is 5.68. The zero-order valence-corrected chi connectivity index (χ0v) is 12.1. The first-order valence-corrected chi connectivity index (χ1v) is 6.47. The molecule has 0 saturated heterocycles. The van der Waals surface area contributed by atoms with Crippen molar-refractivity contribution in [2.45, 2.75) is 20.5 Å². The summed E-state index contributed by atoms with van der Waals surface area (Å²) in [6.45, 7) is 3.63. The van der Waals surface area contributed by atoms with E-state index in [9.17, 15) is 5.11 Å². The second-order valence-electron chi connectivity index (χ2n) is 4.23. The lowest BCUT2D eigenvalue weighted by Gasteiger charge is -2.12. The van der Waals surface area contributed by atoms with Gasteiger partial charge < -0.3 is 9.84 Å². The topological polar surface area (TPSA) is 42.4 Å². The molecule has 0 saturated carbocycles. The van der Waals surface area contributed by atoms with Crippen LogP contribution in [0.3, 0.4) is 0 Å². The van der Waals surface area contributed by atoms with Crippen LogP contribution < -0.4 is 4.74 Å². The first-order chi connectivity index (χ1) is 8.99. The molecule has 5 heteroatoms. The van der Waals surface area contributed by atoms with Crippen LogP contribution in [0.1, 0.15) is 16.8 Å². The number of aryl methyl sites for hydroxylation is 2. The van der Waals surface area contributed by atoms with E-state index in [1.807, 2.05) is 19.9 Å². The van der Waals surface area contributed by atoms with Crippen molar-refractivity contribution >= 4 is 23.2 Å². The molecule has 19 heavy (non-hydrogen) atoms. The highest BCUT2D eigenvalue weighted by Gasteiger charge is 2.11. The number of rotatable bonds is 3. The van der Waals surface area contributed by atoms with Crippen molar-refractivity contribution in [2.75, 3.05) is 0 Å². The molecule has 100 valence electrons. The summed E-state index contributed by atoms with van der Waals surface area (Å²) in [4.78, 5) is 4.29. The molecule has 0 atom stereocenters. The fraction of sp³-hybridized carbons (Fsp3) is 0.214. The molecule has 0 bridgehead atoms. The number of aliphatic hydroxyl groups is 1. The number of hydrogen-bond donors (Lipinski definition) is 1. The highest BCUT2D eigenvalue weighted by atomic mass is 35.5. The van der Waals surface area contributed by atoms with E-state index >= 15 is 0 Å². The average molecular weight is 298 g/mol. The van der Waals surface area contributed by atoms with E-state index in [0.29, 0.717) is 27.2 Å². The minimum Gasteiger partial charge on any atom is -0.439 e. The van der Waals surface area contributed by atoms with E-state index < -0.39 is 0 Å². The fourth-order valence-corrected chi connectivity index (χ4v) is 2.31. The molecule has 2 rings (SSSR count). The molecule has 0 aliphatic heterocycles. The summed E-state index contributed by atoms with van der Waals surface area (Å²) in [5.74, 6) is 0.864. The summed E-state index contributed by atoms with van der Waals surface area (Å²) in [6, 6.07) is 6.81. The van der Waals surface area contributed by atoms with E-state index in [1.165, 1.54) is 0 Å². The van der Waals surface area contributed by atoms with Gasteiger partial charge >= 0.3 is 0 Å². The molecular weight excluding hydrogens is 285 g/mol. The summed E-state index contributed by atoms with van der Waals surface area (Å²) in [7, 11) is 0. The highest BCUT2D eigenvalue weighted by Crippen LogP contribution is 2.30. The second kappa shape index (κ2) is 5.78. The van der Waals surface area contributed by atoms with Crippen molar-refractivity contribution in [1.82, 2.24) is 4.98 Å². The molecule has 2 aromatic rings. The first kappa shape index (κ1) is 14.1. The minimum absolute atomic E-state index is 0.136. The fourth-order valence-electron chi connectivity index (χ4n) is 1.80. The summed E-state index contributed by atoms with van der Waals surface area (Å²) in [5, 5.41) is 10.4. The van der Waals surface area contributed by atoms with E-state index in [0.717, 1.165) is 11.3 Å². The Morgan fingerprint density at radius 1 is 1.11 bits per heavy atom. The summed E-state index contributed by atoms with van der Waals surface area (Å²) in [5.41, 5.74) is 2.40. The van der Waals surface area contributed by atoms with Crippen LogP contribution >= 0.6 is 23.2 Å². The maximum atomic E-state index is 9.41. The largest absolute Gasteiger partial charge is 0.439 e. The Labute approximate surface area is 121 Å². The standard InChI is InChI=1S/C14H13Cl2NO2/c1-8-3-9(2)17-14(13(8)7-18)19-12-5-10(15)4-11(16)6-12/h3-6,18H,7H2,1-2H3. The summed E-state index contributed by atoms with van der Waals surface area (Å²) >= 11 is 11.8. The number of nitrogens with zero attached hydrogens (tertiary/aromatic N) is 1. The van der Waals surface area contributed by atoms with E-state index in [-0.39, 0.29) is 6.61 Å². The molecule has 0 aliphatic carbocycles. The Hall–Kier alpha value is -1.29. The van der Waals surface area contributed by atoms with E-state index in [4.69, 9.17) is 27.9 Å². The van der Waals surface area contributed by atoms with Crippen molar-refractivity contribution in [3.8, 4) is 11.6 Å². The first-order valence-electron chi connectivity index (χ1n) is 5.71.